The molecule has 3 N–H and O–H groups in total. The van der Waals surface area contributed by atoms with Gasteiger partial charge in [0.25, 0.3) is 5.91 Å². The topological polar surface area (TPSA) is 95.5 Å². The number of carbonyl (C=O) groups is 3. The minimum atomic E-state index is -1.05. The maximum Gasteiger partial charge on any atom is 0.326 e. The van der Waals surface area contributed by atoms with Crippen LogP contribution in [0.3, 0.4) is 0 Å². The lowest BCUT2D eigenvalue weighted by molar-refractivity contribution is -0.139. The van der Waals surface area contributed by atoms with Gasteiger partial charge in [-0.2, -0.15) is 0 Å². The van der Waals surface area contributed by atoms with E-state index in [1.54, 1.807) is 18.2 Å². The van der Waals surface area contributed by atoms with Crippen molar-refractivity contribution in [3.63, 3.8) is 0 Å². The lowest BCUT2D eigenvalue weighted by atomic mass is 9.88. The molecule has 0 saturated heterocycles. The van der Waals surface area contributed by atoms with Crippen LogP contribution in [0.25, 0.3) is 0 Å². The zero-order valence-electron chi connectivity index (χ0n) is 14.9. The van der Waals surface area contributed by atoms with Gasteiger partial charge in [-0.05, 0) is 43.4 Å². The van der Waals surface area contributed by atoms with E-state index in [9.17, 15) is 19.5 Å². The lowest BCUT2D eigenvalue weighted by Crippen LogP contribution is -2.41. The number of benzene rings is 1. The number of carboxylic acid groups (broad SMARTS) is 1. The molecule has 0 aliphatic carbocycles. The fraction of sp³-hybridized carbons (Fsp3) is 0.500. The van der Waals surface area contributed by atoms with Crippen molar-refractivity contribution in [2.45, 2.75) is 56.7 Å². The highest BCUT2D eigenvalue weighted by molar-refractivity contribution is 8.00. The van der Waals surface area contributed by atoms with E-state index in [2.05, 4.69) is 10.6 Å². The summed E-state index contributed by atoms with van der Waals surface area (Å²) in [5.41, 5.74) is 0.904. The van der Waals surface area contributed by atoms with Gasteiger partial charge in [-0.25, -0.2) is 4.79 Å². The van der Waals surface area contributed by atoms with Crippen LogP contribution in [0.1, 0.15) is 50.9 Å². The van der Waals surface area contributed by atoms with E-state index in [1.165, 1.54) is 11.8 Å². The summed E-state index contributed by atoms with van der Waals surface area (Å²) in [5, 5.41) is 14.5. The van der Waals surface area contributed by atoms with Gasteiger partial charge in [-0.1, -0.05) is 20.8 Å². The Morgan fingerprint density at radius 3 is 2.64 bits per heavy atom. The molecule has 1 aliphatic heterocycles. The summed E-state index contributed by atoms with van der Waals surface area (Å²) < 4.78 is 0. The maximum atomic E-state index is 12.4. The van der Waals surface area contributed by atoms with E-state index >= 15 is 0 Å². The van der Waals surface area contributed by atoms with Gasteiger partial charge < -0.3 is 15.7 Å². The fourth-order valence-corrected chi connectivity index (χ4v) is 3.36. The van der Waals surface area contributed by atoms with Crippen LogP contribution in [0.5, 0.6) is 0 Å². The third kappa shape index (κ3) is 5.22. The van der Waals surface area contributed by atoms with Gasteiger partial charge in [-0.15, -0.1) is 11.8 Å². The van der Waals surface area contributed by atoms with E-state index in [0.29, 0.717) is 24.1 Å². The molecule has 1 heterocycles. The van der Waals surface area contributed by atoms with Crippen molar-refractivity contribution in [3.8, 4) is 0 Å². The van der Waals surface area contributed by atoms with Crippen LogP contribution in [-0.4, -0.2) is 34.2 Å². The third-order valence-corrected chi connectivity index (χ3v) is 5.14. The number of rotatable bonds is 5. The number of amides is 2. The Bertz CT molecular complexity index is 697. The Labute approximate surface area is 151 Å². The molecule has 0 radical (unpaired) electrons. The molecule has 2 amide bonds. The zero-order chi connectivity index (χ0) is 18.8. The van der Waals surface area contributed by atoms with Gasteiger partial charge in [-0.3, -0.25) is 9.59 Å². The van der Waals surface area contributed by atoms with Gasteiger partial charge in [0.1, 0.15) is 6.04 Å². The van der Waals surface area contributed by atoms with Crippen molar-refractivity contribution in [1.29, 1.82) is 0 Å². The van der Waals surface area contributed by atoms with E-state index in [1.807, 2.05) is 27.7 Å². The quantitative estimate of drug-likeness (QED) is 0.746. The van der Waals surface area contributed by atoms with E-state index in [4.69, 9.17) is 0 Å². The first-order valence-corrected chi connectivity index (χ1v) is 9.10. The Kier molecular flexibility index (Phi) is 5.77. The number of fused-ring (bicyclic) bond motifs is 1. The molecule has 2 atom stereocenters. The lowest BCUT2D eigenvalue weighted by Gasteiger charge is -2.23. The highest BCUT2D eigenvalue weighted by Crippen LogP contribution is 2.35. The highest BCUT2D eigenvalue weighted by atomic mass is 32.2. The standard InChI is InChI=1S/C18H24N2O4S/c1-10-15(21)20-13-9-11(5-6-14(13)25-10)16(22)19-12(17(23)24)7-8-18(2,3)4/h5-6,9-10,12H,7-8H2,1-4H3,(H,19,22)(H,20,21)(H,23,24). The summed E-state index contributed by atoms with van der Waals surface area (Å²) in [5.74, 6) is -1.61. The number of thioether (sulfide) groups is 1. The number of anilines is 1. The molecule has 0 aromatic heterocycles. The third-order valence-electron chi connectivity index (χ3n) is 3.96. The Hall–Kier alpha value is -2.02. The second-order valence-corrected chi connectivity index (χ2v) is 8.81. The summed E-state index contributed by atoms with van der Waals surface area (Å²) in [4.78, 5) is 36.5. The molecule has 0 fully saturated rings. The maximum absolute atomic E-state index is 12.4. The van der Waals surface area contributed by atoms with Crippen LogP contribution < -0.4 is 10.6 Å². The monoisotopic (exact) mass is 364 g/mol. The molecule has 0 spiro atoms. The highest BCUT2D eigenvalue weighted by Gasteiger charge is 2.26. The minimum absolute atomic E-state index is 0.0115. The molecule has 0 saturated carbocycles. The predicted octanol–water partition coefficient (Wildman–Crippen LogP) is 3.13. The summed E-state index contributed by atoms with van der Waals surface area (Å²) in [6.07, 6.45) is 1.04. The molecule has 1 aliphatic rings. The number of carbonyl (C=O) groups excluding carboxylic acids is 2. The first kappa shape index (κ1) is 19.3. The molecule has 136 valence electrons. The summed E-state index contributed by atoms with van der Waals surface area (Å²) in [7, 11) is 0. The molecule has 2 unspecified atom stereocenters. The van der Waals surface area contributed by atoms with Crippen molar-refractivity contribution < 1.29 is 19.5 Å². The molecular weight excluding hydrogens is 340 g/mol. The molecule has 1 aromatic rings. The zero-order valence-corrected chi connectivity index (χ0v) is 15.7. The average molecular weight is 364 g/mol. The molecule has 25 heavy (non-hydrogen) atoms. The van der Waals surface area contributed by atoms with Crippen LogP contribution in [-0.2, 0) is 9.59 Å². The molecule has 7 heteroatoms. The normalized spacial score (nSPS) is 18.1. The van der Waals surface area contributed by atoms with Crippen molar-refractivity contribution in [3.05, 3.63) is 23.8 Å². The van der Waals surface area contributed by atoms with E-state index in [-0.39, 0.29) is 16.6 Å². The SMILES string of the molecule is CC1Sc2ccc(C(=O)NC(CCC(C)(C)C)C(=O)O)cc2NC1=O. The van der Waals surface area contributed by atoms with Crippen molar-refractivity contribution in [2.75, 3.05) is 5.32 Å². The van der Waals surface area contributed by atoms with Crippen LogP contribution in [0.4, 0.5) is 5.69 Å². The fourth-order valence-electron chi connectivity index (χ4n) is 2.43. The number of nitrogens with one attached hydrogen (secondary N) is 2. The Balaban J connectivity index is 2.10. The van der Waals surface area contributed by atoms with Gasteiger partial charge in [0, 0.05) is 10.5 Å². The van der Waals surface area contributed by atoms with Crippen molar-refractivity contribution >= 4 is 35.2 Å². The van der Waals surface area contributed by atoms with Gasteiger partial charge in [0.05, 0.1) is 10.9 Å². The van der Waals surface area contributed by atoms with Crippen molar-refractivity contribution in [2.24, 2.45) is 5.41 Å². The number of aliphatic carboxylic acids is 1. The van der Waals surface area contributed by atoms with Crippen molar-refractivity contribution in [1.82, 2.24) is 5.32 Å². The number of carboxylic acids is 1. The number of hydrogen-bond acceptors (Lipinski definition) is 4. The van der Waals surface area contributed by atoms with Gasteiger partial charge in [0.2, 0.25) is 5.91 Å². The molecule has 6 nitrogen and oxygen atoms in total. The summed E-state index contributed by atoms with van der Waals surface area (Å²) in [6.45, 7) is 7.89. The second kappa shape index (κ2) is 7.47. The van der Waals surface area contributed by atoms with Gasteiger partial charge in [0.15, 0.2) is 0 Å². The van der Waals surface area contributed by atoms with E-state index < -0.39 is 17.9 Å². The molecule has 2 rings (SSSR count). The molecule has 0 bridgehead atoms. The van der Waals surface area contributed by atoms with Crippen LogP contribution >= 0.6 is 11.8 Å². The summed E-state index contributed by atoms with van der Waals surface area (Å²) >= 11 is 1.43. The Morgan fingerprint density at radius 2 is 2.04 bits per heavy atom. The van der Waals surface area contributed by atoms with Gasteiger partial charge >= 0.3 is 5.97 Å². The second-order valence-electron chi connectivity index (χ2n) is 7.42. The molecular formula is C18H24N2O4S. The molecule has 1 aromatic carbocycles. The first-order chi connectivity index (χ1) is 11.6. The largest absolute Gasteiger partial charge is 0.480 e. The average Bonchev–Trinajstić information content (AvgIpc) is 2.50. The predicted molar refractivity (Wildman–Crippen MR) is 98.0 cm³/mol. The summed E-state index contributed by atoms with van der Waals surface area (Å²) in [6, 6.07) is 4.07. The number of hydrogen-bond donors (Lipinski definition) is 3. The minimum Gasteiger partial charge on any atom is -0.480 e. The Morgan fingerprint density at radius 1 is 1.36 bits per heavy atom. The van der Waals surface area contributed by atoms with Crippen LogP contribution in [0.15, 0.2) is 23.1 Å². The van der Waals surface area contributed by atoms with E-state index in [0.717, 1.165) is 4.90 Å². The smallest absolute Gasteiger partial charge is 0.326 e. The van der Waals surface area contributed by atoms with Crippen LogP contribution in [0, 0.1) is 5.41 Å². The van der Waals surface area contributed by atoms with Crippen LogP contribution in [0.2, 0.25) is 0 Å². The first-order valence-electron chi connectivity index (χ1n) is 8.22.